The third-order valence-electron chi connectivity index (χ3n) is 3.40. The third-order valence-corrected chi connectivity index (χ3v) is 4.26. The van der Waals surface area contributed by atoms with Gasteiger partial charge in [0.2, 0.25) is 0 Å². The van der Waals surface area contributed by atoms with E-state index >= 15 is 0 Å². The Bertz CT molecular complexity index is 754. The molecule has 3 rings (SSSR count). The summed E-state index contributed by atoms with van der Waals surface area (Å²) in [6.45, 7) is 2.57. The fraction of sp³-hybridized carbons (Fsp3) is 0.188. The summed E-state index contributed by atoms with van der Waals surface area (Å²) in [5, 5.41) is 12.0. The van der Waals surface area contributed by atoms with Gasteiger partial charge in [0.15, 0.2) is 0 Å². The number of rotatable bonds is 5. The highest BCUT2D eigenvalue weighted by molar-refractivity contribution is 7.09. The van der Waals surface area contributed by atoms with E-state index in [4.69, 9.17) is 0 Å². The van der Waals surface area contributed by atoms with Crippen molar-refractivity contribution in [2.45, 2.75) is 19.5 Å². The van der Waals surface area contributed by atoms with Gasteiger partial charge in [-0.05, 0) is 36.1 Å². The van der Waals surface area contributed by atoms with Crippen LogP contribution in [0.15, 0.2) is 54.3 Å². The lowest BCUT2D eigenvalue weighted by Crippen LogP contribution is -2.32. The maximum absolute atomic E-state index is 12.2. The largest absolute Gasteiger partial charge is 0.331 e. The molecule has 0 aromatic carbocycles. The van der Waals surface area contributed by atoms with Crippen LogP contribution in [0.3, 0.4) is 0 Å². The molecular formula is C16H17N5OS. The molecule has 2 N–H and O–H groups in total. The van der Waals surface area contributed by atoms with Crippen molar-refractivity contribution in [1.29, 1.82) is 0 Å². The van der Waals surface area contributed by atoms with Gasteiger partial charge in [-0.3, -0.25) is 10.3 Å². The van der Waals surface area contributed by atoms with E-state index in [1.165, 1.54) is 4.88 Å². The Kier molecular flexibility index (Phi) is 4.68. The van der Waals surface area contributed by atoms with Crippen LogP contribution >= 0.6 is 11.3 Å². The number of nitrogens with zero attached hydrogens (tertiary/aromatic N) is 3. The lowest BCUT2D eigenvalue weighted by molar-refractivity contribution is 0.249. The fourth-order valence-electron chi connectivity index (χ4n) is 2.20. The zero-order valence-corrected chi connectivity index (χ0v) is 13.5. The molecule has 3 aromatic rings. The topological polar surface area (TPSA) is 71.8 Å². The smallest absolute Gasteiger partial charge is 0.320 e. The van der Waals surface area contributed by atoms with Crippen LogP contribution in [0.25, 0.3) is 0 Å². The van der Waals surface area contributed by atoms with Crippen molar-refractivity contribution in [1.82, 2.24) is 20.1 Å². The minimum absolute atomic E-state index is 0.105. The SMILES string of the molecule is C[C@H](NC(=O)Nc1ccnn1Cc1cccs1)c1ccncc1. The molecule has 7 heteroatoms. The number of hydrogen-bond acceptors (Lipinski definition) is 4. The highest BCUT2D eigenvalue weighted by Gasteiger charge is 2.11. The number of aromatic nitrogens is 3. The van der Waals surface area contributed by atoms with Crippen molar-refractivity contribution in [3.8, 4) is 0 Å². The van der Waals surface area contributed by atoms with Gasteiger partial charge in [-0.2, -0.15) is 5.10 Å². The summed E-state index contributed by atoms with van der Waals surface area (Å²) in [6.07, 6.45) is 5.10. The first-order chi connectivity index (χ1) is 11.2. The van der Waals surface area contributed by atoms with Crippen LogP contribution in [0.4, 0.5) is 10.6 Å². The van der Waals surface area contributed by atoms with Gasteiger partial charge in [0.25, 0.3) is 0 Å². The number of amides is 2. The first-order valence-corrected chi connectivity index (χ1v) is 8.12. The van der Waals surface area contributed by atoms with Crippen molar-refractivity contribution >= 4 is 23.2 Å². The van der Waals surface area contributed by atoms with Crippen molar-refractivity contribution in [2.75, 3.05) is 5.32 Å². The van der Waals surface area contributed by atoms with Gasteiger partial charge in [0.05, 0.1) is 18.8 Å². The zero-order chi connectivity index (χ0) is 16.1. The van der Waals surface area contributed by atoms with Gasteiger partial charge in [0, 0.05) is 23.3 Å². The molecule has 3 heterocycles. The third kappa shape index (κ3) is 3.95. The van der Waals surface area contributed by atoms with Crippen LogP contribution in [0, 0.1) is 0 Å². The highest BCUT2D eigenvalue weighted by atomic mass is 32.1. The van der Waals surface area contributed by atoms with Gasteiger partial charge >= 0.3 is 6.03 Å². The molecule has 0 fully saturated rings. The summed E-state index contributed by atoms with van der Waals surface area (Å²) in [5.41, 5.74) is 1.00. The van der Waals surface area contributed by atoms with E-state index in [1.807, 2.05) is 36.6 Å². The highest BCUT2D eigenvalue weighted by Crippen LogP contribution is 2.15. The Balaban J connectivity index is 1.61. The van der Waals surface area contributed by atoms with Crippen LogP contribution < -0.4 is 10.6 Å². The molecule has 0 saturated heterocycles. The van der Waals surface area contributed by atoms with Crippen molar-refractivity contribution < 1.29 is 4.79 Å². The van der Waals surface area contributed by atoms with Crippen molar-refractivity contribution in [3.05, 3.63) is 64.7 Å². The van der Waals surface area contributed by atoms with Crippen LogP contribution in [0.2, 0.25) is 0 Å². The fourth-order valence-corrected chi connectivity index (χ4v) is 2.89. The quantitative estimate of drug-likeness (QED) is 0.755. The number of nitrogens with one attached hydrogen (secondary N) is 2. The second-order valence-corrected chi connectivity index (χ2v) is 6.09. The summed E-state index contributed by atoms with van der Waals surface area (Å²) >= 11 is 1.66. The maximum atomic E-state index is 12.2. The monoisotopic (exact) mass is 327 g/mol. The molecule has 23 heavy (non-hydrogen) atoms. The minimum atomic E-state index is -0.262. The van der Waals surface area contributed by atoms with E-state index in [2.05, 4.69) is 20.7 Å². The van der Waals surface area contributed by atoms with Crippen LogP contribution in [-0.2, 0) is 6.54 Å². The van der Waals surface area contributed by atoms with E-state index in [1.54, 1.807) is 40.7 Å². The predicted molar refractivity (Wildman–Crippen MR) is 90.5 cm³/mol. The molecule has 1 atom stereocenters. The van der Waals surface area contributed by atoms with Crippen LogP contribution in [0.1, 0.15) is 23.4 Å². The summed E-state index contributed by atoms with van der Waals surface area (Å²) < 4.78 is 1.77. The van der Waals surface area contributed by atoms with E-state index in [9.17, 15) is 4.79 Å². The average Bonchev–Trinajstić information content (AvgIpc) is 3.21. The van der Waals surface area contributed by atoms with Gasteiger partial charge in [-0.25, -0.2) is 9.48 Å². The Morgan fingerprint density at radius 3 is 2.83 bits per heavy atom. The molecule has 2 amide bonds. The Morgan fingerprint density at radius 2 is 2.09 bits per heavy atom. The molecule has 0 aliphatic heterocycles. The van der Waals surface area contributed by atoms with Crippen LogP contribution in [0.5, 0.6) is 0 Å². The normalized spacial score (nSPS) is 11.9. The molecule has 0 saturated carbocycles. The lowest BCUT2D eigenvalue weighted by atomic mass is 10.1. The van der Waals surface area contributed by atoms with E-state index in [0.717, 1.165) is 5.56 Å². The van der Waals surface area contributed by atoms with Gasteiger partial charge in [-0.1, -0.05) is 6.07 Å². The number of urea groups is 1. The van der Waals surface area contributed by atoms with Crippen LogP contribution in [-0.4, -0.2) is 20.8 Å². The first-order valence-electron chi connectivity index (χ1n) is 7.24. The van der Waals surface area contributed by atoms with Crippen molar-refractivity contribution in [3.63, 3.8) is 0 Å². The molecule has 0 aliphatic rings. The van der Waals surface area contributed by atoms with E-state index in [-0.39, 0.29) is 12.1 Å². The summed E-state index contributed by atoms with van der Waals surface area (Å²) in [5.74, 6) is 0.665. The summed E-state index contributed by atoms with van der Waals surface area (Å²) in [7, 11) is 0. The molecule has 0 unspecified atom stereocenters. The molecule has 0 radical (unpaired) electrons. The second-order valence-electron chi connectivity index (χ2n) is 5.05. The molecule has 0 spiro atoms. The Hall–Kier alpha value is -2.67. The standard InChI is InChI=1S/C16H17N5OS/c1-12(13-4-7-17-8-5-13)19-16(22)20-15-6-9-18-21(15)11-14-3-2-10-23-14/h2-10,12H,11H2,1H3,(H2,19,20,22)/t12-/m0/s1. The molecule has 3 aromatic heterocycles. The zero-order valence-electron chi connectivity index (χ0n) is 12.6. The lowest BCUT2D eigenvalue weighted by Gasteiger charge is -2.15. The Labute approximate surface area is 138 Å². The maximum Gasteiger partial charge on any atom is 0.320 e. The molecule has 6 nitrogen and oxygen atoms in total. The molecule has 0 bridgehead atoms. The van der Waals surface area contributed by atoms with E-state index < -0.39 is 0 Å². The molecule has 0 aliphatic carbocycles. The van der Waals surface area contributed by atoms with Gasteiger partial charge < -0.3 is 5.32 Å². The summed E-state index contributed by atoms with van der Waals surface area (Å²) in [4.78, 5) is 17.3. The number of hydrogen-bond donors (Lipinski definition) is 2. The molecular weight excluding hydrogens is 310 g/mol. The first kappa shape index (κ1) is 15.2. The average molecular weight is 327 g/mol. The number of anilines is 1. The predicted octanol–water partition coefficient (Wildman–Crippen LogP) is 3.27. The van der Waals surface area contributed by atoms with Crippen molar-refractivity contribution in [2.24, 2.45) is 0 Å². The molecule has 118 valence electrons. The minimum Gasteiger partial charge on any atom is -0.331 e. The Morgan fingerprint density at radius 1 is 1.26 bits per heavy atom. The number of carbonyl (C=O) groups excluding carboxylic acids is 1. The second kappa shape index (κ2) is 7.06. The number of thiophene rings is 1. The number of carbonyl (C=O) groups is 1. The van der Waals surface area contributed by atoms with E-state index in [0.29, 0.717) is 12.4 Å². The summed E-state index contributed by atoms with van der Waals surface area (Å²) in [6, 6.07) is 9.22. The number of pyridine rings is 1. The van der Waals surface area contributed by atoms with Gasteiger partial charge in [0.1, 0.15) is 5.82 Å². The van der Waals surface area contributed by atoms with Gasteiger partial charge in [-0.15, -0.1) is 11.3 Å².